The summed E-state index contributed by atoms with van der Waals surface area (Å²) in [5, 5.41) is 5.86. The van der Waals surface area contributed by atoms with E-state index in [0.717, 1.165) is 10.7 Å². The van der Waals surface area contributed by atoms with Gasteiger partial charge in [-0.2, -0.15) is 0 Å². The van der Waals surface area contributed by atoms with Gasteiger partial charge in [-0.1, -0.05) is 6.92 Å². The molecule has 1 aromatic heterocycles. The van der Waals surface area contributed by atoms with Gasteiger partial charge in [-0.05, 0) is 27.2 Å². The van der Waals surface area contributed by atoms with Crippen molar-refractivity contribution in [3.8, 4) is 0 Å². The number of rotatable bonds is 4. The molecule has 0 radical (unpaired) electrons. The Hall–Kier alpha value is -1.43. The summed E-state index contributed by atoms with van der Waals surface area (Å²) in [4.78, 5) is 30.7. The van der Waals surface area contributed by atoms with Gasteiger partial charge in [-0.3, -0.25) is 9.59 Å². The van der Waals surface area contributed by atoms with Crippen LogP contribution in [0.5, 0.6) is 0 Å². The first-order valence-corrected chi connectivity index (χ1v) is 7.79. The van der Waals surface area contributed by atoms with Gasteiger partial charge in [0.05, 0.1) is 10.7 Å². The molecule has 2 unspecified atom stereocenters. The van der Waals surface area contributed by atoms with Crippen LogP contribution in [-0.4, -0.2) is 39.8 Å². The van der Waals surface area contributed by atoms with Gasteiger partial charge in [0.2, 0.25) is 11.8 Å². The molecule has 1 aliphatic rings. The lowest BCUT2D eigenvalue weighted by molar-refractivity contribution is -0.153. The molecule has 1 aliphatic heterocycles. The minimum atomic E-state index is -0.776. The Morgan fingerprint density at radius 2 is 2.20 bits per heavy atom. The minimum Gasteiger partial charge on any atom is -0.340 e. The Morgan fingerprint density at radius 1 is 1.50 bits per heavy atom. The molecule has 1 N–H and O–H groups in total. The molecular formula is C14H21N3O2S. The predicted molar refractivity (Wildman–Crippen MR) is 78.6 cm³/mol. The molecule has 6 heteroatoms. The molecule has 2 heterocycles. The Morgan fingerprint density at radius 3 is 2.75 bits per heavy atom. The van der Waals surface area contributed by atoms with E-state index >= 15 is 0 Å². The molecule has 110 valence electrons. The first kappa shape index (κ1) is 15.0. The lowest BCUT2D eigenvalue weighted by Crippen LogP contribution is -2.68. The van der Waals surface area contributed by atoms with Crippen molar-refractivity contribution in [3.63, 3.8) is 0 Å². The second-order valence-corrected chi connectivity index (χ2v) is 6.52. The van der Waals surface area contributed by atoms with Gasteiger partial charge in [-0.25, -0.2) is 4.98 Å². The van der Waals surface area contributed by atoms with Crippen molar-refractivity contribution in [2.45, 2.75) is 52.1 Å². The highest BCUT2D eigenvalue weighted by atomic mass is 32.1. The fourth-order valence-electron chi connectivity index (χ4n) is 2.36. The van der Waals surface area contributed by atoms with Crippen molar-refractivity contribution in [3.05, 3.63) is 16.1 Å². The number of amides is 2. The highest BCUT2D eigenvalue weighted by molar-refractivity contribution is 7.09. The van der Waals surface area contributed by atoms with Crippen molar-refractivity contribution in [2.75, 3.05) is 6.54 Å². The number of carbonyl (C=O) groups is 2. The Kier molecular flexibility index (Phi) is 4.13. The van der Waals surface area contributed by atoms with Crippen molar-refractivity contribution in [1.29, 1.82) is 0 Å². The highest BCUT2D eigenvalue weighted by Crippen LogP contribution is 2.21. The first-order chi connectivity index (χ1) is 9.37. The molecule has 2 rings (SSSR count). The monoisotopic (exact) mass is 295 g/mol. The molecule has 0 aliphatic carbocycles. The van der Waals surface area contributed by atoms with Crippen LogP contribution < -0.4 is 5.32 Å². The molecular weight excluding hydrogens is 274 g/mol. The number of carbonyl (C=O) groups excluding carboxylic acids is 2. The van der Waals surface area contributed by atoms with Gasteiger partial charge in [0.15, 0.2) is 0 Å². The summed E-state index contributed by atoms with van der Waals surface area (Å²) in [6.45, 7) is 7.97. The predicted octanol–water partition coefficient (Wildman–Crippen LogP) is 1.51. The van der Waals surface area contributed by atoms with E-state index in [2.05, 4.69) is 10.3 Å². The summed E-state index contributed by atoms with van der Waals surface area (Å²) in [5.74, 6) is -0.0811. The lowest BCUT2D eigenvalue weighted by atomic mass is 9.92. The molecule has 0 bridgehead atoms. The summed E-state index contributed by atoms with van der Waals surface area (Å²) >= 11 is 1.60. The van der Waals surface area contributed by atoms with E-state index in [1.165, 1.54) is 0 Å². The number of hydrogen-bond donors (Lipinski definition) is 1. The molecule has 20 heavy (non-hydrogen) atoms. The Bertz CT molecular complexity index is 528. The standard InChI is InChI=1S/C14H21N3O2S/c1-5-14(4)13(19)17(9(2)12(18)16-14)7-6-11-8-20-10(3)15-11/h8-9H,5-7H2,1-4H3,(H,16,18). The molecule has 1 saturated heterocycles. The van der Waals surface area contributed by atoms with Crippen molar-refractivity contribution in [1.82, 2.24) is 15.2 Å². The lowest BCUT2D eigenvalue weighted by Gasteiger charge is -2.43. The topological polar surface area (TPSA) is 62.3 Å². The number of nitrogens with zero attached hydrogens (tertiary/aromatic N) is 2. The maximum absolute atomic E-state index is 12.6. The number of thiazole rings is 1. The van der Waals surface area contributed by atoms with Crippen LogP contribution in [0.4, 0.5) is 0 Å². The van der Waals surface area contributed by atoms with Gasteiger partial charge in [0.1, 0.15) is 11.6 Å². The largest absolute Gasteiger partial charge is 0.340 e. The second kappa shape index (κ2) is 5.52. The number of hydrogen-bond acceptors (Lipinski definition) is 4. The van der Waals surface area contributed by atoms with Crippen molar-refractivity contribution in [2.24, 2.45) is 0 Å². The van der Waals surface area contributed by atoms with Gasteiger partial charge in [0, 0.05) is 18.3 Å². The van der Waals surface area contributed by atoms with Crippen LogP contribution in [0.3, 0.4) is 0 Å². The summed E-state index contributed by atoms with van der Waals surface area (Å²) < 4.78 is 0. The normalized spacial score (nSPS) is 26.8. The third kappa shape index (κ3) is 2.70. The van der Waals surface area contributed by atoms with Crippen molar-refractivity contribution >= 4 is 23.2 Å². The number of piperazine rings is 1. The third-order valence-corrected chi connectivity index (χ3v) is 4.78. The zero-order chi connectivity index (χ0) is 14.9. The van der Waals surface area contributed by atoms with Crippen LogP contribution in [-0.2, 0) is 16.0 Å². The first-order valence-electron chi connectivity index (χ1n) is 6.91. The number of nitrogens with one attached hydrogen (secondary N) is 1. The van der Waals surface area contributed by atoms with E-state index in [1.807, 2.05) is 19.2 Å². The quantitative estimate of drug-likeness (QED) is 0.916. The average Bonchev–Trinajstić information content (AvgIpc) is 2.82. The van der Waals surface area contributed by atoms with E-state index < -0.39 is 11.6 Å². The minimum absolute atomic E-state index is 0.000878. The van der Waals surface area contributed by atoms with E-state index in [1.54, 1.807) is 30.1 Å². The Labute approximate surface area is 123 Å². The second-order valence-electron chi connectivity index (χ2n) is 5.46. The maximum atomic E-state index is 12.6. The smallest absolute Gasteiger partial charge is 0.248 e. The zero-order valence-corrected chi connectivity index (χ0v) is 13.2. The fraction of sp³-hybridized carbons (Fsp3) is 0.643. The van der Waals surface area contributed by atoms with E-state index in [4.69, 9.17) is 0 Å². The number of aromatic nitrogens is 1. The summed E-state index contributed by atoms with van der Waals surface area (Å²) in [7, 11) is 0. The molecule has 0 aromatic carbocycles. The van der Waals surface area contributed by atoms with E-state index in [-0.39, 0.29) is 11.8 Å². The van der Waals surface area contributed by atoms with Gasteiger partial charge in [-0.15, -0.1) is 11.3 Å². The van der Waals surface area contributed by atoms with Gasteiger partial charge in [0.25, 0.3) is 0 Å². The summed E-state index contributed by atoms with van der Waals surface area (Å²) in [6.07, 6.45) is 1.28. The van der Waals surface area contributed by atoms with Crippen LogP contribution in [0.25, 0.3) is 0 Å². The molecule has 0 saturated carbocycles. The summed E-state index contributed by atoms with van der Waals surface area (Å²) in [6, 6.07) is -0.415. The number of aryl methyl sites for hydroxylation is 1. The molecule has 1 aromatic rings. The van der Waals surface area contributed by atoms with E-state index in [0.29, 0.717) is 19.4 Å². The van der Waals surface area contributed by atoms with Crippen LogP contribution in [0, 0.1) is 6.92 Å². The zero-order valence-electron chi connectivity index (χ0n) is 12.4. The molecule has 5 nitrogen and oxygen atoms in total. The average molecular weight is 295 g/mol. The van der Waals surface area contributed by atoms with Crippen LogP contribution in [0.15, 0.2) is 5.38 Å². The molecule has 1 fully saturated rings. The van der Waals surface area contributed by atoms with Crippen LogP contribution in [0.2, 0.25) is 0 Å². The maximum Gasteiger partial charge on any atom is 0.248 e. The third-order valence-electron chi connectivity index (χ3n) is 3.96. The molecule has 2 amide bonds. The van der Waals surface area contributed by atoms with Crippen molar-refractivity contribution < 1.29 is 9.59 Å². The molecule has 2 atom stereocenters. The van der Waals surface area contributed by atoms with E-state index in [9.17, 15) is 9.59 Å². The van der Waals surface area contributed by atoms with Gasteiger partial charge >= 0.3 is 0 Å². The summed E-state index contributed by atoms with van der Waals surface area (Å²) in [5.41, 5.74) is 0.207. The fourth-order valence-corrected chi connectivity index (χ4v) is 3.00. The molecule has 0 spiro atoms. The van der Waals surface area contributed by atoms with Gasteiger partial charge < -0.3 is 10.2 Å². The van der Waals surface area contributed by atoms with Crippen LogP contribution >= 0.6 is 11.3 Å². The highest BCUT2D eigenvalue weighted by Gasteiger charge is 2.44. The Balaban J connectivity index is 2.11. The SMILES string of the molecule is CCC1(C)NC(=O)C(C)N(CCc2csc(C)n2)C1=O. The van der Waals surface area contributed by atoms with Crippen LogP contribution in [0.1, 0.15) is 37.9 Å².